The number of carbonyl (C=O) groups excluding carboxylic acids is 1. The number of hydrogen-bond acceptors (Lipinski definition) is 5. The summed E-state index contributed by atoms with van der Waals surface area (Å²) < 4.78 is 30.0. The normalized spacial score (nSPS) is 11.9. The van der Waals surface area contributed by atoms with E-state index >= 15 is 0 Å². The summed E-state index contributed by atoms with van der Waals surface area (Å²) in [7, 11) is -2.84. The molecule has 0 aliphatic carbocycles. The zero-order chi connectivity index (χ0) is 17.7. The molecule has 0 saturated heterocycles. The molecule has 0 radical (unpaired) electrons. The fourth-order valence-electron chi connectivity index (χ4n) is 1.99. The van der Waals surface area contributed by atoms with Crippen LogP contribution in [0.5, 0.6) is 0 Å². The third-order valence-electron chi connectivity index (χ3n) is 3.43. The van der Waals surface area contributed by atoms with Gasteiger partial charge in [-0.1, -0.05) is 35.4 Å². The Morgan fingerprint density at radius 1 is 0.958 bits per heavy atom. The Balaban J connectivity index is 2.40. The van der Waals surface area contributed by atoms with Crippen molar-refractivity contribution in [1.29, 1.82) is 0 Å². The van der Waals surface area contributed by atoms with Crippen molar-refractivity contribution >= 4 is 21.5 Å². The first kappa shape index (κ1) is 17.7. The Kier molecular flexibility index (Phi) is 5.41. The van der Waals surface area contributed by atoms with Gasteiger partial charge in [0.2, 0.25) is 9.84 Å². The molecule has 0 aliphatic heterocycles. The number of anilines is 1. The van der Waals surface area contributed by atoms with Crippen LogP contribution in [0.4, 0.5) is 5.69 Å². The number of benzene rings is 2. The van der Waals surface area contributed by atoms with Crippen molar-refractivity contribution in [2.75, 3.05) is 12.4 Å². The number of hydrogen-bond donors (Lipinski definition) is 1. The minimum Gasteiger partial charge on any atom is -0.465 e. The number of sulfone groups is 1. The summed E-state index contributed by atoms with van der Waals surface area (Å²) in [6.07, 6.45) is 1.16. The zero-order valence-corrected chi connectivity index (χ0v) is 14.6. The summed E-state index contributed by atoms with van der Waals surface area (Å²) in [6, 6.07) is 13.6. The van der Waals surface area contributed by atoms with Crippen LogP contribution in [0.2, 0.25) is 0 Å². The molecule has 0 amide bonds. The molecule has 0 atom stereocenters. The number of rotatable bonds is 5. The van der Waals surface area contributed by atoms with E-state index in [4.69, 9.17) is 0 Å². The van der Waals surface area contributed by atoms with Gasteiger partial charge in [-0.25, -0.2) is 13.2 Å². The highest BCUT2D eigenvalue weighted by Crippen LogP contribution is 2.21. The highest BCUT2D eigenvalue weighted by atomic mass is 32.2. The molecule has 0 bridgehead atoms. The smallest absolute Gasteiger partial charge is 0.351 e. The molecule has 24 heavy (non-hydrogen) atoms. The molecule has 0 saturated carbocycles. The predicted molar refractivity (Wildman–Crippen MR) is 93.3 cm³/mol. The largest absolute Gasteiger partial charge is 0.465 e. The molecule has 2 aromatic carbocycles. The SMILES string of the molecule is COC(=O)C(=CNc1ccc(C)cc1)S(=O)(=O)c1ccc(C)cc1. The quantitative estimate of drug-likeness (QED) is 0.665. The van der Waals surface area contributed by atoms with Crippen LogP contribution in [0.3, 0.4) is 0 Å². The Labute approximate surface area is 141 Å². The average molecular weight is 345 g/mol. The second-order valence-corrected chi connectivity index (χ2v) is 7.25. The van der Waals surface area contributed by atoms with E-state index in [9.17, 15) is 13.2 Å². The topological polar surface area (TPSA) is 72.5 Å². The maximum Gasteiger partial charge on any atom is 0.351 e. The van der Waals surface area contributed by atoms with Gasteiger partial charge in [0.05, 0.1) is 12.0 Å². The highest BCUT2D eigenvalue weighted by Gasteiger charge is 2.28. The van der Waals surface area contributed by atoms with E-state index in [-0.39, 0.29) is 4.90 Å². The van der Waals surface area contributed by atoms with Crippen LogP contribution < -0.4 is 5.32 Å². The summed E-state index contributed by atoms with van der Waals surface area (Å²) in [4.78, 5) is 11.6. The Bertz CT molecular complexity index is 851. The molecule has 6 heteroatoms. The van der Waals surface area contributed by atoms with Gasteiger partial charge in [-0.2, -0.15) is 0 Å². The molecule has 2 rings (SSSR count). The summed E-state index contributed by atoms with van der Waals surface area (Å²) in [5, 5.41) is 2.83. The van der Waals surface area contributed by atoms with Crippen LogP contribution in [-0.2, 0) is 19.4 Å². The standard InChI is InChI=1S/C18H19NO4S/c1-13-4-8-15(9-5-13)19-12-17(18(20)23-3)24(21,22)16-10-6-14(2)7-11-16/h4-12,19H,1-3H3. The molecular weight excluding hydrogens is 326 g/mol. The Hall–Kier alpha value is -2.60. The van der Waals surface area contributed by atoms with E-state index in [1.807, 2.05) is 26.0 Å². The third-order valence-corrected chi connectivity index (χ3v) is 5.19. The molecule has 5 nitrogen and oxygen atoms in total. The van der Waals surface area contributed by atoms with Crippen molar-refractivity contribution in [1.82, 2.24) is 0 Å². The average Bonchev–Trinajstić information content (AvgIpc) is 2.56. The van der Waals surface area contributed by atoms with Gasteiger partial charge in [0.15, 0.2) is 4.91 Å². The first-order valence-electron chi connectivity index (χ1n) is 7.28. The van der Waals surface area contributed by atoms with Crippen molar-refractivity contribution in [2.45, 2.75) is 18.7 Å². The number of ether oxygens (including phenoxy) is 1. The minimum absolute atomic E-state index is 0.0375. The van der Waals surface area contributed by atoms with E-state index in [1.54, 1.807) is 24.3 Å². The van der Waals surface area contributed by atoms with Gasteiger partial charge < -0.3 is 10.1 Å². The highest BCUT2D eigenvalue weighted by molar-refractivity contribution is 7.96. The number of nitrogens with one attached hydrogen (secondary N) is 1. The molecular formula is C18H19NO4S. The fraction of sp³-hybridized carbons (Fsp3) is 0.167. The van der Waals surface area contributed by atoms with Crippen LogP contribution in [0.1, 0.15) is 11.1 Å². The zero-order valence-electron chi connectivity index (χ0n) is 13.7. The van der Waals surface area contributed by atoms with Crippen LogP contribution in [0.15, 0.2) is 64.5 Å². The molecule has 2 aromatic rings. The molecule has 0 aromatic heterocycles. The van der Waals surface area contributed by atoms with Gasteiger partial charge in [0.1, 0.15) is 0 Å². The lowest BCUT2D eigenvalue weighted by atomic mass is 10.2. The van der Waals surface area contributed by atoms with Gasteiger partial charge in [-0.3, -0.25) is 0 Å². The Morgan fingerprint density at radius 2 is 1.46 bits per heavy atom. The molecule has 1 N–H and O–H groups in total. The van der Waals surface area contributed by atoms with Crippen molar-refractivity contribution < 1.29 is 17.9 Å². The maximum atomic E-state index is 12.7. The molecule has 126 valence electrons. The molecule has 0 unspecified atom stereocenters. The van der Waals surface area contributed by atoms with Gasteiger partial charge in [0, 0.05) is 11.9 Å². The Morgan fingerprint density at radius 3 is 1.96 bits per heavy atom. The first-order chi connectivity index (χ1) is 11.3. The second kappa shape index (κ2) is 7.31. The number of aryl methyl sites for hydroxylation is 2. The number of carbonyl (C=O) groups is 1. The lowest BCUT2D eigenvalue weighted by molar-refractivity contribution is -0.135. The van der Waals surface area contributed by atoms with Gasteiger partial charge in [0.25, 0.3) is 0 Å². The summed E-state index contributed by atoms with van der Waals surface area (Å²) in [5.74, 6) is -0.921. The minimum atomic E-state index is -3.98. The van der Waals surface area contributed by atoms with Crippen LogP contribution in [0.25, 0.3) is 0 Å². The predicted octanol–water partition coefficient (Wildman–Crippen LogP) is 3.20. The summed E-state index contributed by atoms with van der Waals surface area (Å²) in [5.41, 5.74) is 2.67. The first-order valence-corrected chi connectivity index (χ1v) is 8.76. The summed E-state index contributed by atoms with van der Waals surface area (Å²) >= 11 is 0. The van der Waals surface area contributed by atoms with Crippen LogP contribution in [0, 0.1) is 13.8 Å². The van der Waals surface area contributed by atoms with Crippen LogP contribution in [-0.4, -0.2) is 21.5 Å². The van der Waals surface area contributed by atoms with E-state index in [0.29, 0.717) is 5.69 Å². The molecule has 0 aliphatic rings. The van der Waals surface area contributed by atoms with Crippen molar-refractivity contribution in [3.63, 3.8) is 0 Å². The van der Waals surface area contributed by atoms with Crippen LogP contribution >= 0.6 is 0 Å². The summed E-state index contributed by atoms with van der Waals surface area (Å²) in [6.45, 7) is 3.80. The molecule has 0 spiro atoms. The van der Waals surface area contributed by atoms with E-state index in [1.165, 1.54) is 12.1 Å². The molecule has 0 heterocycles. The van der Waals surface area contributed by atoms with E-state index < -0.39 is 20.7 Å². The van der Waals surface area contributed by atoms with E-state index in [0.717, 1.165) is 24.4 Å². The van der Waals surface area contributed by atoms with Crippen molar-refractivity contribution in [2.24, 2.45) is 0 Å². The second-order valence-electron chi connectivity index (χ2n) is 5.33. The van der Waals surface area contributed by atoms with Gasteiger partial charge in [-0.15, -0.1) is 0 Å². The van der Waals surface area contributed by atoms with Gasteiger partial charge in [-0.05, 0) is 38.1 Å². The monoisotopic (exact) mass is 345 g/mol. The van der Waals surface area contributed by atoms with Gasteiger partial charge >= 0.3 is 5.97 Å². The maximum absolute atomic E-state index is 12.7. The number of methoxy groups -OCH3 is 1. The van der Waals surface area contributed by atoms with Crippen molar-refractivity contribution in [3.8, 4) is 0 Å². The number of esters is 1. The van der Waals surface area contributed by atoms with E-state index in [2.05, 4.69) is 10.1 Å². The fourth-order valence-corrected chi connectivity index (χ4v) is 3.26. The van der Waals surface area contributed by atoms with Crippen molar-refractivity contribution in [3.05, 3.63) is 70.8 Å². The third kappa shape index (κ3) is 4.02. The molecule has 0 fully saturated rings. The lowest BCUT2D eigenvalue weighted by Gasteiger charge is -2.09. The lowest BCUT2D eigenvalue weighted by Crippen LogP contribution is -2.17.